The highest BCUT2D eigenvalue weighted by Crippen LogP contribution is 2.24. The molecule has 0 aliphatic heterocycles. The molecule has 1 N–H and O–H groups in total. The first-order valence-electron chi connectivity index (χ1n) is 5.79. The van der Waals surface area contributed by atoms with Gasteiger partial charge < -0.3 is 4.98 Å². The van der Waals surface area contributed by atoms with E-state index in [0.29, 0.717) is 27.8 Å². The molecule has 0 aliphatic carbocycles. The van der Waals surface area contributed by atoms with E-state index in [4.69, 9.17) is 11.6 Å². The smallest absolute Gasteiger partial charge is 0.277 e. The Bertz CT molecular complexity index is 834. The Morgan fingerprint density at radius 3 is 2.68 bits per heavy atom. The van der Waals surface area contributed by atoms with Crippen LogP contribution in [0.25, 0.3) is 16.9 Å². The van der Waals surface area contributed by atoms with E-state index in [1.165, 1.54) is 0 Å². The fraction of sp³-hybridized carbons (Fsp3) is 0.154. The van der Waals surface area contributed by atoms with Gasteiger partial charge in [-0.25, -0.2) is 9.97 Å². The van der Waals surface area contributed by atoms with Crippen LogP contribution in [0.3, 0.4) is 0 Å². The number of nitrogens with one attached hydrogen (secondary N) is 1. The van der Waals surface area contributed by atoms with Gasteiger partial charge in [-0.05, 0) is 26.0 Å². The third kappa shape index (κ3) is 1.82. The van der Waals surface area contributed by atoms with E-state index in [1.54, 1.807) is 17.6 Å². The van der Waals surface area contributed by atoms with Crippen molar-refractivity contribution in [2.45, 2.75) is 13.8 Å². The Morgan fingerprint density at radius 2 is 1.95 bits per heavy atom. The second-order valence-electron chi connectivity index (χ2n) is 4.27. The zero-order valence-corrected chi connectivity index (χ0v) is 11.2. The maximum absolute atomic E-state index is 12.1. The van der Waals surface area contributed by atoms with Crippen molar-refractivity contribution in [3.05, 3.63) is 51.3 Å². The van der Waals surface area contributed by atoms with Crippen LogP contribution >= 0.6 is 11.6 Å². The number of hydrogen-bond donors (Lipinski definition) is 1. The van der Waals surface area contributed by atoms with Crippen LogP contribution in [0.15, 0.2) is 29.1 Å². The van der Waals surface area contributed by atoms with E-state index in [2.05, 4.69) is 15.0 Å². The monoisotopic (exact) mass is 274 g/mol. The van der Waals surface area contributed by atoms with E-state index in [-0.39, 0.29) is 5.56 Å². The summed E-state index contributed by atoms with van der Waals surface area (Å²) < 4.78 is 1.73. The molecule has 3 aromatic rings. The summed E-state index contributed by atoms with van der Waals surface area (Å²) in [6, 6.07) is 7.32. The normalized spacial score (nSPS) is 11.1. The molecule has 0 saturated heterocycles. The van der Waals surface area contributed by atoms with Gasteiger partial charge in [0.15, 0.2) is 11.2 Å². The summed E-state index contributed by atoms with van der Waals surface area (Å²) in [5.41, 5.74) is 1.35. The molecule has 0 amide bonds. The van der Waals surface area contributed by atoms with E-state index >= 15 is 0 Å². The molecular weight excluding hydrogens is 264 g/mol. The first-order chi connectivity index (χ1) is 9.08. The van der Waals surface area contributed by atoms with Gasteiger partial charge in [-0.15, -0.1) is 0 Å². The number of benzene rings is 1. The van der Waals surface area contributed by atoms with Gasteiger partial charge in [-0.3, -0.25) is 9.36 Å². The maximum atomic E-state index is 12.1. The summed E-state index contributed by atoms with van der Waals surface area (Å²) in [6.45, 7) is 3.55. The van der Waals surface area contributed by atoms with Gasteiger partial charge in [0.05, 0.1) is 10.7 Å². The highest BCUT2D eigenvalue weighted by atomic mass is 35.5. The summed E-state index contributed by atoms with van der Waals surface area (Å²) in [6.07, 6.45) is 0. The molecule has 3 rings (SSSR count). The minimum absolute atomic E-state index is 0.219. The SMILES string of the molecule is Cc1nc2nc(C)n(-c3ccccc3Cl)c2c(=O)[nH]1. The van der Waals surface area contributed by atoms with Gasteiger partial charge in [0, 0.05) is 0 Å². The minimum Gasteiger partial charge on any atom is -0.309 e. The van der Waals surface area contributed by atoms with Crippen LogP contribution in [-0.4, -0.2) is 19.5 Å². The highest BCUT2D eigenvalue weighted by molar-refractivity contribution is 6.32. The number of halogens is 1. The Hall–Kier alpha value is -2.14. The predicted molar refractivity (Wildman–Crippen MR) is 74.0 cm³/mol. The second kappa shape index (κ2) is 4.20. The number of rotatable bonds is 1. The molecule has 5 nitrogen and oxygen atoms in total. The third-order valence-corrected chi connectivity index (χ3v) is 3.22. The molecule has 2 aromatic heterocycles. The molecule has 0 unspecified atom stereocenters. The van der Waals surface area contributed by atoms with Crippen molar-refractivity contribution < 1.29 is 0 Å². The van der Waals surface area contributed by atoms with E-state index < -0.39 is 0 Å². The number of para-hydroxylation sites is 1. The number of H-pyrrole nitrogens is 1. The quantitative estimate of drug-likeness (QED) is 0.741. The minimum atomic E-state index is -0.219. The molecule has 96 valence electrons. The van der Waals surface area contributed by atoms with Crippen molar-refractivity contribution in [1.29, 1.82) is 0 Å². The fourth-order valence-electron chi connectivity index (χ4n) is 2.14. The lowest BCUT2D eigenvalue weighted by molar-refractivity contribution is 0.991. The molecule has 0 bridgehead atoms. The molecule has 0 spiro atoms. The van der Waals surface area contributed by atoms with Crippen molar-refractivity contribution in [2.24, 2.45) is 0 Å². The van der Waals surface area contributed by atoms with Gasteiger partial charge in [-0.2, -0.15) is 0 Å². The molecule has 0 fully saturated rings. The topological polar surface area (TPSA) is 63.6 Å². The fourth-order valence-corrected chi connectivity index (χ4v) is 2.36. The van der Waals surface area contributed by atoms with Gasteiger partial charge in [0.1, 0.15) is 11.6 Å². The van der Waals surface area contributed by atoms with Gasteiger partial charge in [0.2, 0.25) is 0 Å². The lowest BCUT2D eigenvalue weighted by Crippen LogP contribution is -2.13. The molecule has 1 aromatic carbocycles. The molecule has 6 heteroatoms. The van der Waals surface area contributed by atoms with Gasteiger partial charge >= 0.3 is 0 Å². The molecule has 0 radical (unpaired) electrons. The zero-order chi connectivity index (χ0) is 13.6. The van der Waals surface area contributed by atoms with Crippen LogP contribution in [0.5, 0.6) is 0 Å². The summed E-state index contributed by atoms with van der Waals surface area (Å²) in [4.78, 5) is 23.4. The molecule has 0 atom stereocenters. The van der Waals surface area contributed by atoms with Crippen LogP contribution in [0.2, 0.25) is 5.02 Å². The van der Waals surface area contributed by atoms with E-state index in [9.17, 15) is 4.79 Å². The van der Waals surface area contributed by atoms with Crippen molar-refractivity contribution in [3.63, 3.8) is 0 Å². The number of aromatic nitrogens is 4. The van der Waals surface area contributed by atoms with Crippen LogP contribution in [0.4, 0.5) is 0 Å². The summed E-state index contributed by atoms with van der Waals surface area (Å²) in [5.74, 6) is 1.22. The Morgan fingerprint density at radius 1 is 1.21 bits per heavy atom. The largest absolute Gasteiger partial charge is 0.309 e. The average Bonchev–Trinajstić information content (AvgIpc) is 2.66. The van der Waals surface area contributed by atoms with E-state index in [0.717, 1.165) is 5.69 Å². The Labute approximate surface area is 113 Å². The zero-order valence-electron chi connectivity index (χ0n) is 10.4. The lowest BCUT2D eigenvalue weighted by atomic mass is 10.3. The number of fused-ring (bicyclic) bond motifs is 1. The number of nitrogens with zero attached hydrogens (tertiary/aromatic N) is 3. The standard InChI is InChI=1S/C13H11ClN4O/c1-7-15-12-11(13(19)16-7)18(8(2)17-12)10-6-4-3-5-9(10)14/h3-6H,1-2H3,(H,15,16,19). The molecule has 19 heavy (non-hydrogen) atoms. The third-order valence-electron chi connectivity index (χ3n) is 2.90. The van der Waals surface area contributed by atoms with Gasteiger partial charge in [-0.1, -0.05) is 23.7 Å². The van der Waals surface area contributed by atoms with Crippen molar-refractivity contribution in [3.8, 4) is 5.69 Å². The summed E-state index contributed by atoms with van der Waals surface area (Å²) >= 11 is 6.19. The summed E-state index contributed by atoms with van der Waals surface area (Å²) in [7, 11) is 0. The average molecular weight is 275 g/mol. The molecular formula is C13H11ClN4O. The number of imidazole rings is 1. The Kier molecular flexibility index (Phi) is 2.64. The van der Waals surface area contributed by atoms with Crippen molar-refractivity contribution >= 4 is 22.8 Å². The first kappa shape index (κ1) is 11.9. The predicted octanol–water partition coefficient (Wildman–Crippen LogP) is 2.38. The molecule has 0 aliphatic rings. The Balaban J connectivity index is 2.46. The molecule has 2 heterocycles. The molecule has 0 saturated carbocycles. The lowest BCUT2D eigenvalue weighted by Gasteiger charge is -2.07. The van der Waals surface area contributed by atoms with Crippen LogP contribution in [-0.2, 0) is 0 Å². The van der Waals surface area contributed by atoms with E-state index in [1.807, 2.05) is 25.1 Å². The maximum Gasteiger partial charge on any atom is 0.277 e. The second-order valence-corrected chi connectivity index (χ2v) is 4.68. The number of aromatic amines is 1. The van der Waals surface area contributed by atoms with Gasteiger partial charge in [0.25, 0.3) is 5.56 Å². The first-order valence-corrected chi connectivity index (χ1v) is 6.16. The number of aryl methyl sites for hydroxylation is 2. The van der Waals surface area contributed by atoms with Crippen molar-refractivity contribution in [2.75, 3.05) is 0 Å². The van der Waals surface area contributed by atoms with Crippen LogP contribution in [0.1, 0.15) is 11.6 Å². The number of hydrogen-bond acceptors (Lipinski definition) is 3. The van der Waals surface area contributed by atoms with Crippen LogP contribution in [0, 0.1) is 13.8 Å². The van der Waals surface area contributed by atoms with Crippen LogP contribution < -0.4 is 5.56 Å². The van der Waals surface area contributed by atoms with Crippen molar-refractivity contribution in [1.82, 2.24) is 19.5 Å². The highest BCUT2D eigenvalue weighted by Gasteiger charge is 2.15. The summed E-state index contributed by atoms with van der Waals surface area (Å²) in [5, 5.41) is 0.560.